The number of carbonyl (C=O) groups excluding carboxylic acids is 1. The van der Waals surface area contributed by atoms with Gasteiger partial charge in [0, 0.05) is 26.2 Å². The molecular weight excluding hydrogens is 274 g/mol. The van der Waals surface area contributed by atoms with Crippen LogP contribution in [0.3, 0.4) is 0 Å². The second-order valence-electron chi connectivity index (χ2n) is 5.83. The molecule has 2 rings (SSSR count). The molecule has 2 heterocycles. The number of nitrogens with one attached hydrogen (secondary N) is 1. The number of aliphatic carboxylic acids is 1. The van der Waals surface area contributed by atoms with Gasteiger partial charge in [0.2, 0.25) is 0 Å². The van der Waals surface area contributed by atoms with E-state index in [9.17, 15) is 9.59 Å². The highest BCUT2D eigenvalue weighted by Crippen LogP contribution is 2.18. The highest BCUT2D eigenvalue weighted by molar-refractivity contribution is 5.75. The fourth-order valence-corrected chi connectivity index (χ4v) is 3.11. The quantitative estimate of drug-likeness (QED) is 0.775. The molecule has 0 radical (unpaired) electrons. The lowest BCUT2D eigenvalue weighted by atomic mass is 9.98. The van der Waals surface area contributed by atoms with Gasteiger partial charge in [0.25, 0.3) is 0 Å². The van der Waals surface area contributed by atoms with Crippen molar-refractivity contribution in [2.24, 2.45) is 5.92 Å². The molecule has 2 saturated heterocycles. The largest absolute Gasteiger partial charge is 0.481 e. The Morgan fingerprint density at radius 2 is 2.05 bits per heavy atom. The van der Waals surface area contributed by atoms with Crippen LogP contribution in [-0.4, -0.2) is 79.4 Å². The molecule has 0 spiro atoms. The molecule has 0 aliphatic carbocycles. The number of hydrogen-bond donors (Lipinski definition) is 2. The summed E-state index contributed by atoms with van der Waals surface area (Å²) in [5.74, 6) is -0.384. The Balaban J connectivity index is 1.88. The number of carbonyl (C=O) groups is 2. The predicted octanol–water partition coefficient (Wildman–Crippen LogP) is 0.213. The number of urea groups is 1. The maximum absolute atomic E-state index is 12.6. The van der Waals surface area contributed by atoms with E-state index in [1.165, 1.54) is 0 Å². The number of rotatable bonds is 4. The van der Waals surface area contributed by atoms with Crippen LogP contribution in [-0.2, 0) is 9.53 Å². The van der Waals surface area contributed by atoms with Gasteiger partial charge in [-0.3, -0.25) is 4.79 Å². The SMILES string of the molecule is CNCC1CCCN(C(=O)N2CCOC(CC(=O)O)C2)C1. The minimum Gasteiger partial charge on any atom is -0.481 e. The van der Waals surface area contributed by atoms with Crippen LogP contribution >= 0.6 is 0 Å². The van der Waals surface area contributed by atoms with Gasteiger partial charge >= 0.3 is 12.0 Å². The molecule has 2 N–H and O–H groups in total. The molecule has 2 fully saturated rings. The zero-order valence-electron chi connectivity index (χ0n) is 12.6. The molecule has 2 aliphatic heterocycles. The average molecular weight is 299 g/mol. The van der Waals surface area contributed by atoms with Gasteiger partial charge in [-0.1, -0.05) is 0 Å². The minimum absolute atomic E-state index is 0.0227. The standard InChI is InChI=1S/C14H25N3O4/c1-15-8-11-3-2-4-16(9-11)14(20)17-5-6-21-12(10-17)7-13(18)19/h11-12,15H,2-10H2,1H3,(H,18,19). The third-order valence-electron chi connectivity index (χ3n) is 4.09. The minimum atomic E-state index is -0.888. The van der Waals surface area contributed by atoms with Crippen LogP contribution in [0.2, 0.25) is 0 Å². The molecular formula is C14H25N3O4. The first-order valence-corrected chi connectivity index (χ1v) is 7.62. The number of ether oxygens (including phenoxy) is 1. The van der Waals surface area contributed by atoms with E-state index in [0.717, 1.165) is 32.5 Å². The fourth-order valence-electron chi connectivity index (χ4n) is 3.11. The number of carboxylic acid groups (broad SMARTS) is 1. The first kappa shape index (κ1) is 16.0. The van der Waals surface area contributed by atoms with E-state index in [1.54, 1.807) is 4.90 Å². The van der Waals surface area contributed by atoms with Crippen molar-refractivity contribution in [1.82, 2.24) is 15.1 Å². The van der Waals surface area contributed by atoms with Gasteiger partial charge in [-0.05, 0) is 32.4 Å². The third-order valence-corrected chi connectivity index (χ3v) is 4.09. The number of amides is 2. The molecule has 0 aromatic carbocycles. The summed E-state index contributed by atoms with van der Waals surface area (Å²) < 4.78 is 5.41. The van der Waals surface area contributed by atoms with Crippen molar-refractivity contribution in [3.63, 3.8) is 0 Å². The second-order valence-corrected chi connectivity index (χ2v) is 5.83. The molecule has 0 aromatic heterocycles. The Hall–Kier alpha value is -1.34. The van der Waals surface area contributed by atoms with Crippen molar-refractivity contribution >= 4 is 12.0 Å². The summed E-state index contributed by atoms with van der Waals surface area (Å²) in [5.41, 5.74) is 0. The van der Waals surface area contributed by atoms with Crippen LogP contribution in [0.4, 0.5) is 4.79 Å². The van der Waals surface area contributed by atoms with E-state index in [2.05, 4.69) is 5.32 Å². The maximum atomic E-state index is 12.6. The molecule has 7 heteroatoms. The van der Waals surface area contributed by atoms with Crippen LogP contribution in [0, 0.1) is 5.92 Å². The van der Waals surface area contributed by atoms with Gasteiger partial charge in [-0.25, -0.2) is 4.79 Å². The Bertz CT molecular complexity index is 375. The van der Waals surface area contributed by atoms with Crippen LogP contribution < -0.4 is 5.32 Å². The lowest BCUT2D eigenvalue weighted by molar-refractivity contribution is -0.141. The average Bonchev–Trinajstić information content (AvgIpc) is 2.47. The number of morpholine rings is 1. The van der Waals surface area contributed by atoms with Gasteiger partial charge < -0.3 is 25.0 Å². The first-order valence-electron chi connectivity index (χ1n) is 7.62. The normalized spacial score (nSPS) is 26.7. The van der Waals surface area contributed by atoms with Crippen molar-refractivity contribution < 1.29 is 19.4 Å². The van der Waals surface area contributed by atoms with Crippen LogP contribution in [0.15, 0.2) is 0 Å². The molecule has 120 valence electrons. The van der Waals surface area contributed by atoms with Crippen molar-refractivity contribution in [3.05, 3.63) is 0 Å². The molecule has 2 amide bonds. The van der Waals surface area contributed by atoms with E-state index >= 15 is 0 Å². The second kappa shape index (κ2) is 7.61. The molecule has 2 unspecified atom stereocenters. The smallest absolute Gasteiger partial charge is 0.320 e. The van der Waals surface area contributed by atoms with Crippen LogP contribution in [0.5, 0.6) is 0 Å². The van der Waals surface area contributed by atoms with Gasteiger partial charge in [0.15, 0.2) is 0 Å². The van der Waals surface area contributed by atoms with Gasteiger partial charge in [-0.2, -0.15) is 0 Å². The van der Waals surface area contributed by atoms with Gasteiger partial charge in [-0.15, -0.1) is 0 Å². The van der Waals surface area contributed by atoms with E-state index in [4.69, 9.17) is 9.84 Å². The maximum Gasteiger partial charge on any atom is 0.320 e. The molecule has 0 bridgehead atoms. The van der Waals surface area contributed by atoms with E-state index < -0.39 is 12.1 Å². The van der Waals surface area contributed by atoms with E-state index in [0.29, 0.717) is 25.6 Å². The summed E-state index contributed by atoms with van der Waals surface area (Å²) in [6, 6.07) is 0.0227. The number of carboxylic acids is 1. The summed E-state index contributed by atoms with van der Waals surface area (Å²) in [6.45, 7) is 3.83. The fraction of sp³-hybridized carbons (Fsp3) is 0.857. The first-order chi connectivity index (χ1) is 10.1. The lowest BCUT2D eigenvalue weighted by Crippen LogP contribution is -2.53. The zero-order chi connectivity index (χ0) is 15.2. The van der Waals surface area contributed by atoms with Crippen LogP contribution in [0.1, 0.15) is 19.3 Å². The third kappa shape index (κ3) is 4.57. The summed E-state index contributed by atoms with van der Waals surface area (Å²) in [5, 5.41) is 12.0. The van der Waals surface area contributed by atoms with E-state index in [-0.39, 0.29) is 12.5 Å². The highest BCUT2D eigenvalue weighted by Gasteiger charge is 2.31. The molecule has 21 heavy (non-hydrogen) atoms. The van der Waals surface area contributed by atoms with Crippen molar-refractivity contribution in [2.75, 3.05) is 46.4 Å². The molecule has 2 aliphatic rings. The van der Waals surface area contributed by atoms with Crippen molar-refractivity contribution in [2.45, 2.75) is 25.4 Å². The Morgan fingerprint density at radius 1 is 1.29 bits per heavy atom. The lowest BCUT2D eigenvalue weighted by Gasteiger charge is -2.39. The summed E-state index contributed by atoms with van der Waals surface area (Å²) in [7, 11) is 1.93. The number of hydrogen-bond acceptors (Lipinski definition) is 4. The van der Waals surface area contributed by atoms with Gasteiger partial charge in [0.1, 0.15) is 0 Å². The molecule has 0 aromatic rings. The Morgan fingerprint density at radius 3 is 2.76 bits per heavy atom. The van der Waals surface area contributed by atoms with Crippen molar-refractivity contribution in [1.29, 1.82) is 0 Å². The highest BCUT2D eigenvalue weighted by atomic mass is 16.5. The Kier molecular flexibility index (Phi) is 5.81. The molecule has 2 atom stereocenters. The number of piperidine rings is 1. The van der Waals surface area contributed by atoms with Gasteiger partial charge in [0.05, 0.1) is 19.1 Å². The monoisotopic (exact) mass is 299 g/mol. The van der Waals surface area contributed by atoms with E-state index in [1.807, 2.05) is 11.9 Å². The summed E-state index contributed by atoms with van der Waals surface area (Å²) in [6.07, 6.45) is 1.74. The summed E-state index contributed by atoms with van der Waals surface area (Å²) in [4.78, 5) is 27.0. The van der Waals surface area contributed by atoms with Crippen LogP contribution in [0.25, 0.3) is 0 Å². The summed E-state index contributed by atoms with van der Waals surface area (Å²) >= 11 is 0. The molecule has 0 saturated carbocycles. The van der Waals surface area contributed by atoms with Crippen molar-refractivity contribution in [3.8, 4) is 0 Å². The number of likely N-dealkylation sites (tertiary alicyclic amines) is 1. The molecule has 7 nitrogen and oxygen atoms in total. The Labute approximate surface area is 125 Å². The number of nitrogens with zero attached hydrogens (tertiary/aromatic N) is 2. The zero-order valence-corrected chi connectivity index (χ0v) is 12.6. The topological polar surface area (TPSA) is 82.1 Å². The predicted molar refractivity (Wildman–Crippen MR) is 77.2 cm³/mol.